The molecule has 1 atom stereocenters. The fourth-order valence-corrected chi connectivity index (χ4v) is 2.84. The van der Waals surface area contributed by atoms with Gasteiger partial charge in [0.1, 0.15) is 0 Å². The van der Waals surface area contributed by atoms with Gasteiger partial charge in [0.15, 0.2) is 18.1 Å². The summed E-state index contributed by atoms with van der Waals surface area (Å²) in [4.78, 5) is 14.4. The quantitative estimate of drug-likeness (QED) is 0.776. The van der Waals surface area contributed by atoms with Crippen LogP contribution < -0.4 is 9.47 Å². The summed E-state index contributed by atoms with van der Waals surface area (Å²) in [6.45, 7) is 1.54. The Morgan fingerprint density at radius 3 is 2.73 bits per heavy atom. The van der Waals surface area contributed by atoms with E-state index in [9.17, 15) is 4.79 Å². The second-order valence-electron chi connectivity index (χ2n) is 5.46. The van der Waals surface area contributed by atoms with Crippen LogP contribution in [0.4, 0.5) is 0 Å². The average molecular weight is 307 g/mol. The van der Waals surface area contributed by atoms with Crippen LogP contribution in [0.5, 0.6) is 11.5 Å². The number of para-hydroxylation sites is 2. The maximum atomic E-state index is 12.5. The van der Waals surface area contributed by atoms with Crippen molar-refractivity contribution in [2.75, 3.05) is 34.0 Å². The van der Waals surface area contributed by atoms with Crippen molar-refractivity contribution < 1.29 is 19.0 Å². The van der Waals surface area contributed by atoms with Gasteiger partial charge in [-0.05, 0) is 37.8 Å². The standard InChI is InChI=1S/C17H25NO4/c1-20-12-10-14-7-5-6-11-18(14)17(19)13-22-16-9-4-3-8-15(16)21-2/h3-4,8-9,14H,5-7,10-13H2,1-2H3/t14-/m0/s1. The highest BCUT2D eigenvalue weighted by atomic mass is 16.5. The largest absolute Gasteiger partial charge is 0.493 e. The Morgan fingerprint density at radius 1 is 1.23 bits per heavy atom. The van der Waals surface area contributed by atoms with Gasteiger partial charge in [-0.1, -0.05) is 12.1 Å². The summed E-state index contributed by atoms with van der Waals surface area (Å²) in [5, 5.41) is 0. The second kappa shape index (κ2) is 8.63. The summed E-state index contributed by atoms with van der Waals surface area (Å²) in [6, 6.07) is 7.64. The van der Waals surface area contributed by atoms with Gasteiger partial charge in [0.05, 0.1) is 7.11 Å². The summed E-state index contributed by atoms with van der Waals surface area (Å²) >= 11 is 0. The number of amides is 1. The molecule has 0 unspecified atom stereocenters. The SMILES string of the molecule is COCC[C@@H]1CCCCN1C(=O)COc1ccccc1OC. The van der Waals surface area contributed by atoms with Crippen molar-refractivity contribution in [3.63, 3.8) is 0 Å². The van der Waals surface area contributed by atoms with Gasteiger partial charge in [0.25, 0.3) is 5.91 Å². The third-order valence-electron chi connectivity index (χ3n) is 4.02. The normalized spacial score (nSPS) is 18.1. The maximum Gasteiger partial charge on any atom is 0.260 e. The smallest absolute Gasteiger partial charge is 0.260 e. The molecule has 5 heteroatoms. The van der Waals surface area contributed by atoms with Crippen molar-refractivity contribution >= 4 is 5.91 Å². The molecule has 0 aromatic heterocycles. The van der Waals surface area contributed by atoms with Crippen LogP contribution in [0.3, 0.4) is 0 Å². The fraction of sp³-hybridized carbons (Fsp3) is 0.588. The van der Waals surface area contributed by atoms with Crippen LogP contribution >= 0.6 is 0 Å². The molecule has 122 valence electrons. The molecule has 0 bridgehead atoms. The van der Waals surface area contributed by atoms with Gasteiger partial charge >= 0.3 is 0 Å². The molecule has 1 amide bonds. The van der Waals surface area contributed by atoms with Crippen LogP contribution in [0, 0.1) is 0 Å². The van der Waals surface area contributed by atoms with Gasteiger partial charge in [0, 0.05) is 26.3 Å². The number of carbonyl (C=O) groups is 1. The van der Waals surface area contributed by atoms with Gasteiger partial charge in [-0.3, -0.25) is 4.79 Å². The lowest BCUT2D eigenvalue weighted by Gasteiger charge is -2.35. The molecule has 0 spiro atoms. The maximum absolute atomic E-state index is 12.5. The zero-order chi connectivity index (χ0) is 15.8. The minimum atomic E-state index is 0.0340. The molecule has 0 saturated carbocycles. The molecular weight excluding hydrogens is 282 g/mol. The summed E-state index contributed by atoms with van der Waals surface area (Å²) in [7, 11) is 3.29. The summed E-state index contributed by atoms with van der Waals surface area (Å²) < 4.78 is 16.0. The predicted molar refractivity (Wildman–Crippen MR) is 84.3 cm³/mol. The van der Waals surface area contributed by atoms with E-state index in [0.29, 0.717) is 18.1 Å². The lowest BCUT2D eigenvalue weighted by atomic mass is 9.99. The molecule has 0 aliphatic carbocycles. The van der Waals surface area contributed by atoms with E-state index in [4.69, 9.17) is 14.2 Å². The highest BCUT2D eigenvalue weighted by Crippen LogP contribution is 2.26. The molecule has 1 aromatic carbocycles. The third kappa shape index (κ3) is 4.37. The van der Waals surface area contributed by atoms with E-state index in [1.165, 1.54) is 6.42 Å². The molecule has 1 saturated heterocycles. The summed E-state index contributed by atoms with van der Waals surface area (Å²) in [6.07, 6.45) is 4.16. The average Bonchev–Trinajstić information content (AvgIpc) is 2.58. The van der Waals surface area contributed by atoms with Crippen molar-refractivity contribution in [2.24, 2.45) is 0 Å². The lowest BCUT2D eigenvalue weighted by Crippen LogP contribution is -2.46. The van der Waals surface area contributed by atoms with E-state index in [0.717, 1.165) is 25.8 Å². The van der Waals surface area contributed by atoms with Crippen LogP contribution in [0.1, 0.15) is 25.7 Å². The zero-order valence-corrected chi connectivity index (χ0v) is 13.4. The number of hydrogen-bond acceptors (Lipinski definition) is 4. The molecule has 1 aliphatic heterocycles. The van der Waals surface area contributed by atoms with Crippen molar-refractivity contribution in [1.82, 2.24) is 4.90 Å². The molecule has 1 heterocycles. The molecule has 1 aromatic rings. The number of carbonyl (C=O) groups excluding carboxylic acids is 1. The van der Waals surface area contributed by atoms with E-state index in [-0.39, 0.29) is 18.6 Å². The second-order valence-corrected chi connectivity index (χ2v) is 5.46. The first-order valence-electron chi connectivity index (χ1n) is 7.80. The van der Waals surface area contributed by atoms with E-state index in [2.05, 4.69) is 0 Å². The first-order valence-corrected chi connectivity index (χ1v) is 7.80. The highest BCUT2D eigenvalue weighted by molar-refractivity contribution is 5.78. The number of benzene rings is 1. The molecule has 2 rings (SSSR count). The van der Waals surface area contributed by atoms with Crippen LogP contribution in [-0.4, -0.2) is 50.8 Å². The molecule has 5 nitrogen and oxygen atoms in total. The predicted octanol–water partition coefficient (Wildman–Crippen LogP) is 2.49. The summed E-state index contributed by atoms with van der Waals surface area (Å²) in [5.41, 5.74) is 0. The van der Waals surface area contributed by atoms with Gasteiger partial charge in [-0.15, -0.1) is 0 Å². The van der Waals surface area contributed by atoms with E-state index in [1.807, 2.05) is 29.2 Å². The van der Waals surface area contributed by atoms with Crippen LogP contribution in [-0.2, 0) is 9.53 Å². The van der Waals surface area contributed by atoms with Gasteiger partial charge in [-0.2, -0.15) is 0 Å². The zero-order valence-electron chi connectivity index (χ0n) is 13.4. The van der Waals surface area contributed by atoms with Gasteiger partial charge in [0.2, 0.25) is 0 Å². The van der Waals surface area contributed by atoms with Crippen molar-refractivity contribution in [2.45, 2.75) is 31.7 Å². The molecule has 0 radical (unpaired) electrons. The Labute approximate surface area is 132 Å². The topological polar surface area (TPSA) is 48.0 Å². The first kappa shape index (κ1) is 16.6. The number of piperidine rings is 1. The van der Waals surface area contributed by atoms with Gasteiger partial charge in [-0.25, -0.2) is 0 Å². The third-order valence-corrected chi connectivity index (χ3v) is 4.02. The first-order chi connectivity index (χ1) is 10.8. The Bertz CT molecular complexity index is 477. The Morgan fingerprint density at radius 2 is 2.00 bits per heavy atom. The monoisotopic (exact) mass is 307 g/mol. The van der Waals surface area contributed by atoms with Crippen molar-refractivity contribution in [3.8, 4) is 11.5 Å². The fourth-order valence-electron chi connectivity index (χ4n) is 2.84. The molecule has 0 N–H and O–H groups in total. The minimum absolute atomic E-state index is 0.0340. The van der Waals surface area contributed by atoms with Crippen molar-refractivity contribution in [3.05, 3.63) is 24.3 Å². The van der Waals surface area contributed by atoms with E-state index < -0.39 is 0 Å². The Balaban J connectivity index is 1.92. The van der Waals surface area contributed by atoms with Crippen LogP contribution in [0.25, 0.3) is 0 Å². The molecular formula is C17H25NO4. The number of rotatable bonds is 7. The minimum Gasteiger partial charge on any atom is -0.493 e. The molecule has 22 heavy (non-hydrogen) atoms. The van der Waals surface area contributed by atoms with Crippen LogP contribution in [0.15, 0.2) is 24.3 Å². The Hall–Kier alpha value is -1.75. The lowest BCUT2D eigenvalue weighted by molar-refractivity contribution is -0.137. The number of hydrogen-bond donors (Lipinski definition) is 0. The Kier molecular flexibility index (Phi) is 6.52. The molecule has 1 aliphatic rings. The number of likely N-dealkylation sites (tertiary alicyclic amines) is 1. The van der Waals surface area contributed by atoms with Crippen LogP contribution in [0.2, 0.25) is 0 Å². The highest BCUT2D eigenvalue weighted by Gasteiger charge is 2.26. The number of ether oxygens (including phenoxy) is 3. The van der Waals surface area contributed by atoms with Gasteiger partial charge < -0.3 is 19.1 Å². The summed E-state index contributed by atoms with van der Waals surface area (Å²) in [5.74, 6) is 1.28. The van der Waals surface area contributed by atoms with Crippen molar-refractivity contribution in [1.29, 1.82) is 0 Å². The van der Waals surface area contributed by atoms with E-state index >= 15 is 0 Å². The number of nitrogens with zero attached hydrogens (tertiary/aromatic N) is 1. The number of methoxy groups -OCH3 is 2. The van der Waals surface area contributed by atoms with E-state index in [1.54, 1.807) is 14.2 Å². The molecule has 1 fully saturated rings.